The van der Waals surface area contributed by atoms with E-state index in [0.717, 1.165) is 0 Å². The maximum atomic E-state index is 13.0. The van der Waals surface area contributed by atoms with Crippen LogP contribution in [-0.2, 0) is 18.3 Å². The van der Waals surface area contributed by atoms with Gasteiger partial charge in [0.2, 0.25) is 0 Å². The molecule has 0 radical (unpaired) electrons. The van der Waals surface area contributed by atoms with Crippen LogP contribution in [0.3, 0.4) is 0 Å². The first kappa shape index (κ1) is 31.6. The normalized spacial score (nSPS) is 22.7. The molecule has 2 aromatic heterocycles. The van der Waals surface area contributed by atoms with E-state index in [0.29, 0.717) is 5.56 Å². The lowest BCUT2D eigenvalue weighted by Crippen LogP contribution is -2.51. The van der Waals surface area contributed by atoms with Gasteiger partial charge in [0.25, 0.3) is 10.7 Å². The van der Waals surface area contributed by atoms with E-state index in [1.54, 1.807) is 30.2 Å². The second-order valence-electron chi connectivity index (χ2n) is 13.3. The molecule has 3 heterocycles. The Hall–Kier alpha value is -1.91. The van der Waals surface area contributed by atoms with E-state index < -0.39 is 52.4 Å². The number of rotatable bonds is 7. The van der Waals surface area contributed by atoms with E-state index in [2.05, 4.69) is 77.7 Å². The highest BCUT2D eigenvalue weighted by molar-refractivity contribution is 7.80. The molecule has 0 unspecified atom stereocenters. The molecule has 1 fully saturated rings. The molecule has 13 heteroatoms. The zero-order chi connectivity index (χ0) is 29.6. The maximum Gasteiger partial charge on any atom is 0.330 e. The molecular weight excluding hydrogens is 553 g/mol. The third kappa shape index (κ3) is 6.88. The summed E-state index contributed by atoms with van der Waals surface area (Å²) in [5.41, 5.74) is -0.638. The first-order valence-electron chi connectivity index (χ1n) is 13.2. The molecule has 4 atom stereocenters. The fraction of sp³-hybridized carbons (Fsp3) is 0.692. The Balaban J connectivity index is 2.10. The van der Waals surface area contributed by atoms with Crippen LogP contribution in [-0.4, -0.2) is 65.8 Å². The van der Waals surface area contributed by atoms with Crippen LogP contribution in [0, 0.1) is 6.92 Å². The SMILES string of the molecule is Cc1cn([C@@H]2O[C@H](CO[Si](C)(C)C(C)(C)C)[C@@H](OC(=S)n3ccnc3)[C@H]2O[Si](C)(C)C(C)(C)C)c(=O)[nH]c1=O. The van der Waals surface area contributed by atoms with Gasteiger partial charge in [0.1, 0.15) is 18.5 Å². The van der Waals surface area contributed by atoms with Crippen LogP contribution in [0.2, 0.25) is 36.3 Å². The van der Waals surface area contributed by atoms with E-state index in [9.17, 15) is 9.59 Å². The Labute approximate surface area is 238 Å². The van der Waals surface area contributed by atoms with Crippen molar-refractivity contribution in [3.8, 4) is 0 Å². The van der Waals surface area contributed by atoms with Crippen molar-refractivity contribution in [2.45, 2.75) is 109 Å². The topological polar surface area (TPSA) is 110 Å². The predicted molar refractivity (Wildman–Crippen MR) is 160 cm³/mol. The number of nitrogens with zero attached hydrogens (tertiary/aromatic N) is 3. The molecule has 1 aliphatic rings. The summed E-state index contributed by atoms with van der Waals surface area (Å²) in [5.74, 6) is 0. The van der Waals surface area contributed by atoms with Crippen molar-refractivity contribution in [2.24, 2.45) is 0 Å². The standard InChI is InChI=1S/C26H44N4O6SSi2/c1-17-14-30(23(32)28-21(17)31)22-20(36-39(10,11)26(5,6)7)19(35-24(37)29-13-12-27-16-29)18(34-22)15-33-38(8,9)25(2,3)4/h12-14,16,18-20,22H,15H2,1-11H3,(H,28,31,32)/t18-,19-,20-,22-/m1/s1. The highest BCUT2D eigenvalue weighted by Gasteiger charge is 2.53. The minimum atomic E-state index is -2.41. The van der Waals surface area contributed by atoms with Crippen LogP contribution < -0.4 is 11.2 Å². The van der Waals surface area contributed by atoms with Gasteiger partial charge in [0, 0.05) is 24.2 Å². The van der Waals surface area contributed by atoms with Crippen molar-refractivity contribution in [1.82, 2.24) is 19.1 Å². The lowest BCUT2D eigenvalue weighted by atomic mass is 10.1. The van der Waals surface area contributed by atoms with Crippen molar-refractivity contribution >= 4 is 34.0 Å². The number of imidazole rings is 1. The van der Waals surface area contributed by atoms with Crippen molar-refractivity contribution in [3.63, 3.8) is 0 Å². The number of nitrogens with one attached hydrogen (secondary N) is 1. The number of ether oxygens (including phenoxy) is 2. The summed E-state index contributed by atoms with van der Waals surface area (Å²) in [6.45, 7) is 23.4. The molecular formula is C26H44N4O6SSi2. The van der Waals surface area contributed by atoms with Crippen LogP contribution in [0.4, 0.5) is 0 Å². The molecule has 3 rings (SSSR count). The number of aromatic nitrogens is 4. The minimum absolute atomic E-state index is 0.0164. The van der Waals surface area contributed by atoms with Gasteiger partial charge < -0.3 is 18.3 Å². The van der Waals surface area contributed by atoms with E-state index in [1.165, 1.54) is 10.8 Å². The lowest BCUT2D eigenvalue weighted by Gasteiger charge is -2.41. The molecule has 1 saturated heterocycles. The van der Waals surface area contributed by atoms with E-state index in [-0.39, 0.29) is 21.9 Å². The van der Waals surface area contributed by atoms with Gasteiger partial charge in [-0.05, 0) is 55.4 Å². The van der Waals surface area contributed by atoms with Gasteiger partial charge in [0.15, 0.2) is 29.0 Å². The lowest BCUT2D eigenvalue weighted by molar-refractivity contribution is -0.0511. The number of hydrogen-bond acceptors (Lipinski definition) is 8. The molecule has 39 heavy (non-hydrogen) atoms. The minimum Gasteiger partial charge on any atom is -0.461 e. The van der Waals surface area contributed by atoms with Gasteiger partial charge in [-0.15, -0.1) is 0 Å². The average Bonchev–Trinajstić information content (AvgIpc) is 3.43. The van der Waals surface area contributed by atoms with Crippen LogP contribution in [0.1, 0.15) is 53.3 Å². The van der Waals surface area contributed by atoms with Gasteiger partial charge >= 0.3 is 5.69 Å². The second-order valence-corrected chi connectivity index (χ2v) is 23.2. The largest absolute Gasteiger partial charge is 0.461 e. The molecule has 218 valence electrons. The van der Waals surface area contributed by atoms with Crippen LogP contribution >= 0.6 is 12.2 Å². The first-order valence-corrected chi connectivity index (χ1v) is 19.5. The summed E-state index contributed by atoms with van der Waals surface area (Å²) in [5, 5.41) is 0.0411. The van der Waals surface area contributed by atoms with E-state index >= 15 is 0 Å². The fourth-order valence-electron chi connectivity index (χ4n) is 3.68. The molecule has 0 aromatic carbocycles. The highest BCUT2D eigenvalue weighted by Crippen LogP contribution is 2.43. The molecule has 0 bridgehead atoms. The number of aryl methyl sites for hydroxylation is 1. The van der Waals surface area contributed by atoms with Crippen molar-refractivity contribution < 1.29 is 18.3 Å². The molecule has 2 aromatic rings. The monoisotopic (exact) mass is 596 g/mol. The zero-order valence-corrected chi connectivity index (χ0v) is 27.8. The molecule has 1 aliphatic heterocycles. The molecule has 0 saturated carbocycles. The molecule has 0 amide bonds. The third-order valence-corrected chi connectivity index (χ3v) is 17.6. The van der Waals surface area contributed by atoms with Gasteiger partial charge in [-0.25, -0.2) is 9.78 Å². The number of H-pyrrole nitrogens is 1. The Morgan fingerprint density at radius 1 is 1.08 bits per heavy atom. The third-order valence-electron chi connectivity index (χ3n) is 8.31. The number of thiocarbonyl (C=S) groups is 1. The Morgan fingerprint density at radius 3 is 2.23 bits per heavy atom. The second kappa shape index (κ2) is 11.2. The molecule has 10 nitrogen and oxygen atoms in total. The number of aromatic amines is 1. The molecule has 1 N–H and O–H groups in total. The molecule has 0 aliphatic carbocycles. The van der Waals surface area contributed by atoms with Gasteiger partial charge in [-0.2, -0.15) is 0 Å². The van der Waals surface area contributed by atoms with Crippen molar-refractivity contribution in [1.29, 1.82) is 0 Å². The van der Waals surface area contributed by atoms with Crippen LogP contribution in [0.25, 0.3) is 0 Å². The fourth-order valence-corrected chi connectivity index (χ4v) is 6.20. The van der Waals surface area contributed by atoms with Crippen LogP contribution in [0.15, 0.2) is 34.5 Å². The summed E-state index contributed by atoms with van der Waals surface area (Å²) in [6, 6.07) is 0. The summed E-state index contributed by atoms with van der Waals surface area (Å²) < 4.78 is 29.5. The quantitative estimate of drug-likeness (QED) is 0.366. The van der Waals surface area contributed by atoms with E-state index in [1.807, 2.05) is 0 Å². The van der Waals surface area contributed by atoms with Gasteiger partial charge in [-0.3, -0.25) is 18.9 Å². The summed E-state index contributed by atoms with van der Waals surface area (Å²) in [6.07, 6.45) is 3.54. The predicted octanol–water partition coefficient (Wildman–Crippen LogP) is 4.57. The summed E-state index contributed by atoms with van der Waals surface area (Å²) >= 11 is 5.62. The van der Waals surface area contributed by atoms with Gasteiger partial charge in [0.05, 0.1) is 6.61 Å². The zero-order valence-electron chi connectivity index (χ0n) is 25.0. The van der Waals surface area contributed by atoms with Crippen molar-refractivity contribution in [2.75, 3.05) is 6.61 Å². The van der Waals surface area contributed by atoms with Gasteiger partial charge in [-0.1, -0.05) is 41.5 Å². The van der Waals surface area contributed by atoms with Crippen molar-refractivity contribution in [3.05, 3.63) is 51.3 Å². The Bertz CT molecular complexity index is 1280. The highest BCUT2D eigenvalue weighted by atomic mass is 32.1. The summed E-state index contributed by atoms with van der Waals surface area (Å²) in [4.78, 5) is 31.7. The smallest absolute Gasteiger partial charge is 0.330 e. The Morgan fingerprint density at radius 2 is 1.69 bits per heavy atom. The average molecular weight is 597 g/mol. The summed E-state index contributed by atoms with van der Waals surface area (Å²) in [7, 11) is -4.56. The van der Waals surface area contributed by atoms with Crippen LogP contribution in [0.5, 0.6) is 0 Å². The number of hydrogen-bond donors (Lipinski definition) is 1. The first-order chi connectivity index (χ1) is 17.7. The Kier molecular flexibility index (Phi) is 9.05. The van der Waals surface area contributed by atoms with E-state index in [4.69, 9.17) is 30.5 Å². The molecule has 0 spiro atoms. The maximum absolute atomic E-state index is 13.0.